The second kappa shape index (κ2) is 7.93. The van der Waals surface area contributed by atoms with Gasteiger partial charge >= 0.3 is 6.18 Å². The summed E-state index contributed by atoms with van der Waals surface area (Å²) in [5.74, 6) is -2.07. The molecule has 0 unspecified atom stereocenters. The Bertz CT molecular complexity index is 1290. The number of para-hydroxylation sites is 1. The molecule has 0 bridgehead atoms. The van der Waals surface area contributed by atoms with E-state index in [-0.39, 0.29) is 18.0 Å². The van der Waals surface area contributed by atoms with Gasteiger partial charge in [-0.3, -0.25) is 9.10 Å². The number of nitrogens with zero attached hydrogens (tertiary/aromatic N) is 3. The molecule has 0 spiro atoms. The van der Waals surface area contributed by atoms with Crippen molar-refractivity contribution < 1.29 is 30.8 Å². The van der Waals surface area contributed by atoms with Gasteiger partial charge in [0.15, 0.2) is 5.69 Å². The molecule has 168 valence electrons. The van der Waals surface area contributed by atoms with Gasteiger partial charge in [-0.05, 0) is 36.8 Å². The summed E-state index contributed by atoms with van der Waals surface area (Å²) in [6, 6.07) is 10.5. The fraction of sp³-hybridized carbons (Fsp3) is 0.200. The quantitative estimate of drug-likeness (QED) is 0.590. The molecule has 1 amide bonds. The number of carbonyl (C=O) groups excluding carboxylic acids is 1. The van der Waals surface area contributed by atoms with Crippen LogP contribution in [0, 0.1) is 5.82 Å². The predicted octanol–water partition coefficient (Wildman–Crippen LogP) is 3.82. The van der Waals surface area contributed by atoms with E-state index in [0.717, 1.165) is 12.1 Å². The lowest BCUT2D eigenvalue weighted by Gasteiger charge is -2.18. The van der Waals surface area contributed by atoms with E-state index in [1.165, 1.54) is 40.7 Å². The minimum absolute atomic E-state index is 0.00619. The van der Waals surface area contributed by atoms with E-state index >= 15 is 0 Å². The minimum atomic E-state index is -5.00. The highest BCUT2D eigenvalue weighted by Crippen LogP contribution is 2.35. The van der Waals surface area contributed by atoms with Crippen LogP contribution >= 0.6 is 0 Å². The lowest BCUT2D eigenvalue weighted by atomic mass is 10.2. The number of benzene rings is 2. The molecular weight excluding hydrogens is 452 g/mol. The minimum Gasteiger partial charge on any atom is -0.322 e. The number of hydrogen-bond acceptors (Lipinski definition) is 4. The van der Waals surface area contributed by atoms with Gasteiger partial charge in [0, 0.05) is 12.2 Å². The van der Waals surface area contributed by atoms with Crippen molar-refractivity contribution in [1.29, 1.82) is 0 Å². The summed E-state index contributed by atoms with van der Waals surface area (Å²) in [5.41, 5.74) is -2.31. The molecular formula is C20H16F4N4O3S. The molecule has 2 heterocycles. The van der Waals surface area contributed by atoms with Crippen LogP contribution in [-0.4, -0.2) is 36.4 Å². The van der Waals surface area contributed by atoms with Crippen molar-refractivity contribution in [1.82, 2.24) is 9.78 Å². The first kappa shape index (κ1) is 21.8. The van der Waals surface area contributed by atoms with Crippen LogP contribution in [0.3, 0.4) is 0 Å². The summed E-state index contributed by atoms with van der Waals surface area (Å²) >= 11 is 0. The van der Waals surface area contributed by atoms with Crippen molar-refractivity contribution in [3.05, 3.63) is 71.8 Å². The molecule has 3 aromatic rings. The third kappa shape index (κ3) is 4.05. The van der Waals surface area contributed by atoms with Crippen molar-refractivity contribution in [2.75, 3.05) is 21.9 Å². The fourth-order valence-corrected chi connectivity index (χ4v) is 5.02. The Morgan fingerprint density at radius 3 is 2.50 bits per heavy atom. The van der Waals surface area contributed by atoms with Crippen molar-refractivity contribution in [3.8, 4) is 5.69 Å². The average molecular weight is 468 g/mol. The van der Waals surface area contributed by atoms with E-state index in [0.29, 0.717) is 23.0 Å². The Kier molecular flexibility index (Phi) is 5.41. The van der Waals surface area contributed by atoms with Crippen LogP contribution in [0.25, 0.3) is 5.69 Å². The molecule has 1 aliphatic heterocycles. The highest BCUT2D eigenvalue weighted by molar-refractivity contribution is 7.93. The maximum atomic E-state index is 14.1. The smallest absolute Gasteiger partial charge is 0.322 e. The summed E-state index contributed by atoms with van der Waals surface area (Å²) in [4.78, 5) is 12.7. The van der Waals surface area contributed by atoms with Crippen molar-refractivity contribution in [3.63, 3.8) is 0 Å². The lowest BCUT2D eigenvalue weighted by Crippen LogP contribution is -2.25. The lowest BCUT2D eigenvalue weighted by molar-refractivity contribution is -0.143. The molecule has 1 N–H and O–H groups in total. The molecule has 1 fully saturated rings. The molecule has 1 saturated heterocycles. The van der Waals surface area contributed by atoms with Crippen LogP contribution in [0.1, 0.15) is 22.5 Å². The second-order valence-electron chi connectivity index (χ2n) is 7.01. The van der Waals surface area contributed by atoms with Gasteiger partial charge in [0.05, 0.1) is 23.2 Å². The van der Waals surface area contributed by atoms with Gasteiger partial charge in [-0.1, -0.05) is 18.2 Å². The average Bonchev–Trinajstić information content (AvgIpc) is 3.31. The van der Waals surface area contributed by atoms with Crippen LogP contribution in [0.5, 0.6) is 0 Å². The van der Waals surface area contributed by atoms with Gasteiger partial charge in [-0.2, -0.15) is 18.3 Å². The number of amides is 1. The molecule has 1 aliphatic rings. The zero-order valence-corrected chi connectivity index (χ0v) is 17.1. The number of aromatic nitrogens is 2. The van der Waals surface area contributed by atoms with Gasteiger partial charge in [0.2, 0.25) is 10.0 Å². The predicted molar refractivity (Wildman–Crippen MR) is 109 cm³/mol. The molecule has 0 saturated carbocycles. The Morgan fingerprint density at radius 1 is 1.09 bits per heavy atom. The maximum absolute atomic E-state index is 14.1. The molecule has 0 atom stereocenters. The van der Waals surface area contributed by atoms with Crippen molar-refractivity contribution in [2.45, 2.75) is 12.6 Å². The van der Waals surface area contributed by atoms with Crippen molar-refractivity contribution in [2.24, 2.45) is 0 Å². The molecule has 0 radical (unpaired) electrons. The number of alkyl halides is 3. The summed E-state index contributed by atoms with van der Waals surface area (Å²) in [6.07, 6.45) is -3.85. The molecule has 2 aromatic carbocycles. The van der Waals surface area contributed by atoms with Crippen LogP contribution < -0.4 is 9.62 Å². The van der Waals surface area contributed by atoms with E-state index in [1.807, 2.05) is 0 Å². The molecule has 0 aliphatic carbocycles. The fourth-order valence-electron chi connectivity index (χ4n) is 3.46. The van der Waals surface area contributed by atoms with E-state index in [9.17, 15) is 30.8 Å². The number of halogens is 4. The SMILES string of the molecule is O=C(Nc1cccc(N2CCCS2(=O)=O)c1)c1cnn(-c2ccccc2F)c1C(F)(F)F. The molecule has 32 heavy (non-hydrogen) atoms. The Labute approximate surface area is 180 Å². The van der Waals surface area contributed by atoms with E-state index in [2.05, 4.69) is 10.4 Å². The Hall–Kier alpha value is -3.41. The van der Waals surface area contributed by atoms with Crippen LogP contribution in [-0.2, 0) is 16.2 Å². The van der Waals surface area contributed by atoms with Gasteiger partial charge < -0.3 is 5.32 Å². The van der Waals surface area contributed by atoms with E-state index in [4.69, 9.17) is 0 Å². The number of nitrogens with one attached hydrogen (secondary N) is 1. The zero-order valence-electron chi connectivity index (χ0n) is 16.3. The molecule has 7 nitrogen and oxygen atoms in total. The van der Waals surface area contributed by atoms with Gasteiger partial charge in [0.1, 0.15) is 11.5 Å². The van der Waals surface area contributed by atoms with E-state index in [1.54, 1.807) is 0 Å². The summed E-state index contributed by atoms with van der Waals surface area (Å²) in [5, 5.41) is 5.92. The number of anilines is 2. The number of sulfonamides is 1. The van der Waals surface area contributed by atoms with E-state index < -0.39 is 44.9 Å². The molecule has 12 heteroatoms. The number of rotatable bonds is 4. The summed E-state index contributed by atoms with van der Waals surface area (Å²) in [6.45, 7) is 0.271. The number of carbonyl (C=O) groups is 1. The topological polar surface area (TPSA) is 84.3 Å². The second-order valence-corrected chi connectivity index (χ2v) is 9.03. The summed E-state index contributed by atoms with van der Waals surface area (Å²) in [7, 11) is -3.47. The molecule has 4 rings (SSSR count). The normalized spacial score (nSPS) is 15.7. The van der Waals surface area contributed by atoms with Gasteiger partial charge in [-0.25, -0.2) is 17.5 Å². The highest BCUT2D eigenvalue weighted by atomic mass is 32.2. The first-order valence-corrected chi connectivity index (χ1v) is 11.0. The third-order valence-corrected chi connectivity index (χ3v) is 6.72. The Morgan fingerprint density at radius 2 is 1.84 bits per heavy atom. The van der Waals surface area contributed by atoms with Gasteiger partial charge in [-0.15, -0.1) is 0 Å². The number of hydrogen-bond donors (Lipinski definition) is 1. The van der Waals surface area contributed by atoms with Gasteiger partial charge in [0.25, 0.3) is 5.91 Å². The van der Waals surface area contributed by atoms with Crippen LogP contribution in [0.15, 0.2) is 54.7 Å². The van der Waals surface area contributed by atoms with Crippen LogP contribution in [0.4, 0.5) is 28.9 Å². The largest absolute Gasteiger partial charge is 0.434 e. The maximum Gasteiger partial charge on any atom is 0.434 e. The first-order valence-electron chi connectivity index (χ1n) is 9.40. The first-order chi connectivity index (χ1) is 15.1. The zero-order chi connectivity index (χ0) is 23.1. The highest BCUT2D eigenvalue weighted by Gasteiger charge is 2.41. The standard InChI is InChI=1S/C20H16F4N4O3S/c21-16-7-1-2-8-17(16)28-18(20(22,23)24)15(12-25-28)19(29)26-13-5-3-6-14(11-13)27-9-4-10-32(27,30)31/h1-3,5-8,11-12H,4,9-10H2,(H,26,29). The monoisotopic (exact) mass is 468 g/mol. The molecule has 1 aromatic heterocycles. The Balaban J connectivity index is 1.68. The van der Waals surface area contributed by atoms with Crippen LogP contribution in [0.2, 0.25) is 0 Å². The summed E-state index contributed by atoms with van der Waals surface area (Å²) < 4.78 is 81.1. The van der Waals surface area contributed by atoms with Crippen molar-refractivity contribution >= 4 is 27.3 Å². The third-order valence-electron chi connectivity index (χ3n) is 4.85.